The average molecular weight is 254 g/mol. The largest absolute Gasteiger partial charge is 0.466 e. The maximum atomic E-state index is 12.0. The third-order valence-electron chi connectivity index (χ3n) is 3.86. The molecule has 0 amide bonds. The van der Waals surface area contributed by atoms with Gasteiger partial charge in [0.25, 0.3) is 0 Å². The van der Waals surface area contributed by atoms with E-state index in [1.165, 1.54) is 12.8 Å². The number of hydrogen-bond acceptors (Lipinski definition) is 3. The molecule has 1 fully saturated rings. The summed E-state index contributed by atoms with van der Waals surface area (Å²) in [6.07, 6.45) is 7.09. The van der Waals surface area contributed by atoms with E-state index < -0.39 is 0 Å². The summed E-state index contributed by atoms with van der Waals surface area (Å²) in [6.45, 7) is 4.62. The molecule has 18 heavy (non-hydrogen) atoms. The van der Waals surface area contributed by atoms with Gasteiger partial charge in [-0.2, -0.15) is 0 Å². The van der Waals surface area contributed by atoms with Crippen LogP contribution in [0.25, 0.3) is 0 Å². The molecule has 0 aliphatic heterocycles. The predicted molar refractivity (Wildman–Crippen MR) is 71.2 cm³/mol. The normalized spacial score (nSPS) is 23.7. The maximum absolute atomic E-state index is 12.0. The predicted octanol–water partition coefficient (Wildman–Crippen LogP) is 3.51. The Bertz CT molecular complexity index is 273. The van der Waals surface area contributed by atoms with Crippen molar-refractivity contribution in [3.05, 3.63) is 0 Å². The molecular weight excluding hydrogens is 228 g/mol. The Morgan fingerprint density at radius 2 is 1.94 bits per heavy atom. The molecular formula is C15H26O3. The quantitative estimate of drug-likeness (QED) is 0.653. The van der Waals surface area contributed by atoms with Crippen LogP contribution in [0.1, 0.15) is 65.2 Å². The van der Waals surface area contributed by atoms with Gasteiger partial charge in [-0.05, 0) is 25.2 Å². The van der Waals surface area contributed by atoms with E-state index in [9.17, 15) is 9.59 Å². The summed E-state index contributed by atoms with van der Waals surface area (Å²) in [7, 11) is 0. The molecule has 1 rings (SSSR count). The Kier molecular flexibility index (Phi) is 6.99. The zero-order chi connectivity index (χ0) is 13.4. The highest BCUT2D eigenvalue weighted by Crippen LogP contribution is 2.32. The van der Waals surface area contributed by atoms with E-state index in [1.54, 1.807) is 0 Å². The van der Waals surface area contributed by atoms with Gasteiger partial charge in [0.1, 0.15) is 5.78 Å². The van der Waals surface area contributed by atoms with E-state index in [1.807, 2.05) is 6.92 Å². The highest BCUT2D eigenvalue weighted by atomic mass is 16.5. The van der Waals surface area contributed by atoms with Crippen LogP contribution in [0.3, 0.4) is 0 Å². The lowest BCUT2D eigenvalue weighted by atomic mass is 9.77. The van der Waals surface area contributed by atoms with Gasteiger partial charge in [-0.1, -0.05) is 33.1 Å². The van der Waals surface area contributed by atoms with Gasteiger partial charge in [0.2, 0.25) is 0 Å². The first-order valence-electron chi connectivity index (χ1n) is 7.35. The van der Waals surface area contributed by atoms with Crippen molar-refractivity contribution < 1.29 is 14.3 Å². The van der Waals surface area contributed by atoms with E-state index in [-0.39, 0.29) is 24.1 Å². The van der Waals surface area contributed by atoms with Crippen molar-refractivity contribution in [2.24, 2.45) is 11.8 Å². The van der Waals surface area contributed by atoms with Crippen LogP contribution in [-0.4, -0.2) is 18.4 Å². The SMILES string of the molecule is CCCOC(=O)CCC(=O)C1CCCC(CC)C1. The molecule has 0 radical (unpaired) electrons. The van der Waals surface area contributed by atoms with Gasteiger partial charge in [-0.15, -0.1) is 0 Å². The summed E-state index contributed by atoms with van der Waals surface area (Å²) in [6, 6.07) is 0. The van der Waals surface area contributed by atoms with Crippen LogP contribution in [0.2, 0.25) is 0 Å². The minimum absolute atomic E-state index is 0.197. The molecule has 0 saturated heterocycles. The van der Waals surface area contributed by atoms with Crippen LogP contribution in [0, 0.1) is 11.8 Å². The van der Waals surface area contributed by atoms with Crippen molar-refractivity contribution in [1.29, 1.82) is 0 Å². The summed E-state index contributed by atoms with van der Waals surface area (Å²) in [5, 5.41) is 0. The van der Waals surface area contributed by atoms with E-state index in [2.05, 4.69) is 6.92 Å². The molecule has 0 aromatic rings. The van der Waals surface area contributed by atoms with Crippen LogP contribution in [0.15, 0.2) is 0 Å². The number of carbonyl (C=O) groups is 2. The average Bonchev–Trinajstić information content (AvgIpc) is 2.42. The molecule has 0 aromatic carbocycles. The zero-order valence-electron chi connectivity index (χ0n) is 11.7. The number of esters is 1. The van der Waals surface area contributed by atoms with Crippen LogP contribution in [0.5, 0.6) is 0 Å². The van der Waals surface area contributed by atoms with Gasteiger partial charge in [-0.3, -0.25) is 9.59 Å². The number of rotatable bonds is 7. The lowest BCUT2D eigenvalue weighted by Gasteiger charge is -2.27. The molecule has 0 spiro atoms. The van der Waals surface area contributed by atoms with Gasteiger partial charge in [0.15, 0.2) is 0 Å². The fourth-order valence-electron chi connectivity index (χ4n) is 2.67. The lowest BCUT2D eigenvalue weighted by Crippen LogP contribution is -2.23. The summed E-state index contributed by atoms with van der Waals surface area (Å²) in [5.41, 5.74) is 0. The molecule has 1 saturated carbocycles. The van der Waals surface area contributed by atoms with E-state index >= 15 is 0 Å². The van der Waals surface area contributed by atoms with Crippen LogP contribution in [0.4, 0.5) is 0 Å². The number of ketones is 1. The van der Waals surface area contributed by atoms with Gasteiger partial charge >= 0.3 is 5.97 Å². The molecule has 0 N–H and O–H groups in total. The van der Waals surface area contributed by atoms with Gasteiger partial charge in [-0.25, -0.2) is 0 Å². The second-order valence-electron chi connectivity index (χ2n) is 5.32. The van der Waals surface area contributed by atoms with Gasteiger partial charge < -0.3 is 4.74 Å². The first kappa shape index (κ1) is 15.2. The summed E-state index contributed by atoms with van der Waals surface area (Å²) < 4.78 is 4.98. The molecule has 0 aromatic heterocycles. The second-order valence-corrected chi connectivity index (χ2v) is 5.32. The molecule has 3 nitrogen and oxygen atoms in total. The van der Waals surface area contributed by atoms with E-state index in [4.69, 9.17) is 4.74 Å². The third-order valence-corrected chi connectivity index (χ3v) is 3.86. The Hall–Kier alpha value is -0.860. The van der Waals surface area contributed by atoms with Crippen molar-refractivity contribution in [2.45, 2.75) is 65.2 Å². The van der Waals surface area contributed by atoms with Gasteiger partial charge in [0.05, 0.1) is 13.0 Å². The van der Waals surface area contributed by atoms with E-state index in [0.717, 1.165) is 25.7 Å². The highest BCUT2D eigenvalue weighted by molar-refractivity contribution is 5.84. The molecule has 2 unspecified atom stereocenters. The fourth-order valence-corrected chi connectivity index (χ4v) is 2.67. The van der Waals surface area contributed by atoms with Crippen LogP contribution >= 0.6 is 0 Å². The molecule has 0 bridgehead atoms. The Balaban J connectivity index is 2.25. The Morgan fingerprint density at radius 3 is 2.61 bits per heavy atom. The van der Waals surface area contributed by atoms with Crippen molar-refractivity contribution in [1.82, 2.24) is 0 Å². The minimum atomic E-state index is -0.229. The van der Waals surface area contributed by atoms with Crippen molar-refractivity contribution in [3.63, 3.8) is 0 Å². The lowest BCUT2D eigenvalue weighted by molar-refractivity contribution is -0.145. The van der Waals surface area contributed by atoms with Crippen molar-refractivity contribution >= 4 is 11.8 Å². The standard InChI is InChI=1S/C15H26O3/c1-3-10-18-15(17)9-8-14(16)13-7-5-6-12(4-2)11-13/h12-13H,3-11H2,1-2H3. The fraction of sp³-hybridized carbons (Fsp3) is 0.867. The number of ether oxygens (including phenoxy) is 1. The molecule has 0 heterocycles. The first-order chi connectivity index (χ1) is 8.67. The maximum Gasteiger partial charge on any atom is 0.306 e. The second kappa shape index (κ2) is 8.28. The number of Topliss-reactive ketones (excluding diaryl/α,β-unsaturated/α-hetero) is 1. The smallest absolute Gasteiger partial charge is 0.306 e. The Morgan fingerprint density at radius 1 is 1.17 bits per heavy atom. The number of carbonyl (C=O) groups excluding carboxylic acids is 2. The van der Waals surface area contributed by atoms with Crippen molar-refractivity contribution in [3.8, 4) is 0 Å². The molecule has 104 valence electrons. The molecule has 1 aliphatic rings. The zero-order valence-corrected chi connectivity index (χ0v) is 11.7. The third kappa shape index (κ3) is 5.19. The van der Waals surface area contributed by atoms with E-state index in [0.29, 0.717) is 18.9 Å². The molecule has 3 heteroatoms. The Labute approximate surface area is 110 Å². The molecule has 1 aliphatic carbocycles. The summed E-state index contributed by atoms with van der Waals surface area (Å²) >= 11 is 0. The first-order valence-corrected chi connectivity index (χ1v) is 7.35. The van der Waals surface area contributed by atoms with Gasteiger partial charge in [0, 0.05) is 12.3 Å². The van der Waals surface area contributed by atoms with Crippen molar-refractivity contribution in [2.75, 3.05) is 6.61 Å². The monoisotopic (exact) mass is 254 g/mol. The highest BCUT2D eigenvalue weighted by Gasteiger charge is 2.26. The number of hydrogen-bond donors (Lipinski definition) is 0. The molecule has 2 atom stereocenters. The topological polar surface area (TPSA) is 43.4 Å². The minimum Gasteiger partial charge on any atom is -0.466 e. The summed E-state index contributed by atoms with van der Waals surface area (Å²) in [4.78, 5) is 23.4. The van der Waals surface area contributed by atoms with Crippen LogP contribution < -0.4 is 0 Å². The van der Waals surface area contributed by atoms with Crippen LogP contribution in [-0.2, 0) is 14.3 Å². The summed E-state index contributed by atoms with van der Waals surface area (Å²) in [5.74, 6) is 0.942.